The van der Waals surface area contributed by atoms with E-state index in [1.54, 1.807) is 13.0 Å². The summed E-state index contributed by atoms with van der Waals surface area (Å²) in [4.78, 5) is 40.3. The van der Waals surface area contributed by atoms with Crippen LogP contribution in [0, 0.1) is 0 Å². The zero-order chi connectivity index (χ0) is 22.9. The van der Waals surface area contributed by atoms with Crippen LogP contribution >= 0.6 is 23.4 Å². The lowest BCUT2D eigenvalue weighted by Gasteiger charge is -2.47. The molecule has 3 rings (SSSR count). The Hall–Kier alpha value is -1.99. The van der Waals surface area contributed by atoms with Crippen molar-refractivity contribution in [2.75, 3.05) is 24.6 Å². The minimum absolute atomic E-state index is 0.0308. The van der Waals surface area contributed by atoms with Crippen LogP contribution in [-0.4, -0.2) is 47.3 Å². The van der Waals surface area contributed by atoms with Gasteiger partial charge in [-0.2, -0.15) is 0 Å². The monoisotopic (exact) mass is 464 g/mol. The van der Waals surface area contributed by atoms with E-state index in [0.717, 1.165) is 41.7 Å². The zero-order valence-electron chi connectivity index (χ0n) is 18.7. The molecule has 0 N–H and O–H groups in total. The highest BCUT2D eigenvalue weighted by Crippen LogP contribution is 2.46. The van der Waals surface area contributed by atoms with Gasteiger partial charge in [-0.05, 0) is 80.6 Å². The van der Waals surface area contributed by atoms with Crippen molar-refractivity contribution in [1.82, 2.24) is 4.90 Å². The predicted octanol–water partition coefficient (Wildman–Crippen LogP) is 5.44. The van der Waals surface area contributed by atoms with Crippen LogP contribution in [0.4, 0.5) is 10.5 Å². The minimum Gasteiger partial charge on any atom is -0.465 e. The third kappa shape index (κ3) is 4.77. The molecule has 1 unspecified atom stereocenters. The van der Waals surface area contributed by atoms with Crippen molar-refractivity contribution in [2.24, 2.45) is 0 Å². The predicted molar refractivity (Wildman–Crippen MR) is 126 cm³/mol. The first-order valence-corrected chi connectivity index (χ1v) is 11.8. The van der Waals surface area contributed by atoms with Gasteiger partial charge < -0.3 is 9.64 Å². The molecular formula is C23H29ClN2O4S. The number of amides is 2. The van der Waals surface area contributed by atoms with Crippen molar-refractivity contribution >= 4 is 52.2 Å². The first-order chi connectivity index (χ1) is 14.6. The van der Waals surface area contributed by atoms with E-state index in [9.17, 15) is 14.4 Å². The molecule has 8 heteroatoms. The maximum absolute atomic E-state index is 12.7. The van der Waals surface area contributed by atoms with Crippen molar-refractivity contribution in [3.05, 3.63) is 33.2 Å². The molecule has 0 bridgehead atoms. The third-order valence-electron chi connectivity index (χ3n) is 5.70. The average Bonchev–Trinajstić information content (AvgIpc) is 2.93. The molecule has 1 atom stereocenters. The van der Waals surface area contributed by atoms with Crippen LogP contribution in [0.2, 0.25) is 5.02 Å². The number of ether oxygens (including phenoxy) is 1. The smallest absolute Gasteiger partial charge is 0.326 e. The fourth-order valence-electron chi connectivity index (χ4n) is 4.39. The topological polar surface area (TPSA) is 66.9 Å². The summed E-state index contributed by atoms with van der Waals surface area (Å²) >= 11 is 7.44. The van der Waals surface area contributed by atoms with Gasteiger partial charge in [0.05, 0.1) is 11.5 Å². The highest BCUT2D eigenvalue weighted by molar-refractivity contribution is 8.18. The first-order valence-electron chi connectivity index (χ1n) is 10.6. The maximum atomic E-state index is 12.7. The van der Waals surface area contributed by atoms with E-state index >= 15 is 0 Å². The van der Waals surface area contributed by atoms with E-state index in [4.69, 9.17) is 16.3 Å². The van der Waals surface area contributed by atoms with E-state index in [2.05, 4.69) is 32.6 Å². The van der Waals surface area contributed by atoms with Crippen molar-refractivity contribution in [3.8, 4) is 0 Å². The summed E-state index contributed by atoms with van der Waals surface area (Å²) in [6.45, 7) is 11.3. The second-order valence-electron chi connectivity index (χ2n) is 8.57. The SMILES string of the molecule is CCCN1c2cc(Cl)c(/C=C3\SC(=O)N(CC(=O)OCC)C3=O)cc2C(C)CC1(C)C. The fraction of sp³-hybridized carbons (Fsp3) is 0.522. The Labute approximate surface area is 192 Å². The Morgan fingerprint density at radius 3 is 2.68 bits per heavy atom. The number of hydrogen-bond donors (Lipinski definition) is 0. The van der Waals surface area contributed by atoms with E-state index in [1.165, 1.54) is 5.56 Å². The van der Waals surface area contributed by atoms with Crippen LogP contribution in [0.1, 0.15) is 64.5 Å². The van der Waals surface area contributed by atoms with Gasteiger partial charge in [-0.15, -0.1) is 0 Å². The molecule has 1 aromatic carbocycles. The summed E-state index contributed by atoms with van der Waals surface area (Å²) < 4.78 is 4.85. The molecule has 0 aliphatic carbocycles. The highest BCUT2D eigenvalue weighted by atomic mass is 35.5. The maximum Gasteiger partial charge on any atom is 0.326 e. The average molecular weight is 465 g/mol. The summed E-state index contributed by atoms with van der Waals surface area (Å²) in [6.07, 6.45) is 3.69. The second kappa shape index (κ2) is 9.25. The van der Waals surface area contributed by atoms with Gasteiger partial charge in [0.25, 0.3) is 11.1 Å². The molecule has 2 heterocycles. The lowest BCUT2D eigenvalue weighted by molar-refractivity contribution is -0.145. The molecular weight excluding hydrogens is 436 g/mol. The van der Waals surface area contributed by atoms with Crippen molar-refractivity contribution < 1.29 is 19.1 Å². The molecule has 168 valence electrons. The zero-order valence-corrected chi connectivity index (χ0v) is 20.2. The number of halogens is 1. The number of anilines is 1. The van der Waals surface area contributed by atoms with Crippen molar-refractivity contribution in [2.45, 2.75) is 58.9 Å². The Kier molecular flexibility index (Phi) is 7.06. The molecule has 1 saturated heterocycles. The molecule has 6 nitrogen and oxygen atoms in total. The number of fused-ring (bicyclic) bond motifs is 1. The summed E-state index contributed by atoms with van der Waals surface area (Å²) in [5, 5.41) is 0.0459. The number of nitrogens with zero attached hydrogens (tertiary/aromatic N) is 2. The number of hydrogen-bond acceptors (Lipinski definition) is 6. The van der Waals surface area contributed by atoms with Crippen LogP contribution < -0.4 is 4.90 Å². The number of rotatable bonds is 6. The van der Waals surface area contributed by atoms with Crippen LogP contribution in [0.25, 0.3) is 6.08 Å². The van der Waals surface area contributed by atoms with Gasteiger partial charge in [-0.1, -0.05) is 25.4 Å². The Morgan fingerprint density at radius 1 is 1.32 bits per heavy atom. The number of benzene rings is 1. The van der Waals surface area contributed by atoms with Crippen LogP contribution in [0.15, 0.2) is 17.0 Å². The molecule has 1 fully saturated rings. The van der Waals surface area contributed by atoms with Gasteiger partial charge in [0, 0.05) is 22.8 Å². The van der Waals surface area contributed by atoms with Gasteiger partial charge in [0.2, 0.25) is 0 Å². The van der Waals surface area contributed by atoms with Crippen LogP contribution in [0.3, 0.4) is 0 Å². The summed E-state index contributed by atoms with van der Waals surface area (Å²) in [6, 6.07) is 4.00. The molecule has 31 heavy (non-hydrogen) atoms. The highest BCUT2D eigenvalue weighted by Gasteiger charge is 2.38. The van der Waals surface area contributed by atoms with E-state index < -0.39 is 17.1 Å². The largest absolute Gasteiger partial charge is 0.465 e. The van der Waals surface area contributed by atoms with Crippen molar-refractivity contribution in [1.29, 1.82) is 0 Å². The molecule has 2 aliphatic rings. The molecule has 0 spiro atoms. The third-order valence-corrected chi connectivity index (χ3v) is 6.94. The molecule has 0 saturated carbocycles. The Morgan fingerprint density at radius 2 is 2.03 bits per heavy atom. The lowest BCUT2D eigenvalue weighted by Crippen LogP contribution is -2.48. The minimum atomic E-state index is -0.606. The Balaban J connectivity index is 1.94. The van der Waals surface area contributed by atoms with Crippen LogP contribution in [0.5, 0.6) is 0 Å². The molecule has 0 aromatic heterocycles. The van der Waals surface area contributed by atoms with E-state index in [-0.39, 0.29) is 23.6 Å². The summed E-state index contributed by atoms with van der Waals surface area (Å²) in [5.74, 6) is -0.773. The van der Waals surface area contributed by atoms with Crippen LogP contribution in [-0.2, 0) is 14.3 Å². The molecule has 0 radical (unpaired) electrons. The number of carbonyl (C=O) groups excluding carboxylic acids is 3. The number of thioether (sulfide) groups is 1. The number of imide groups is 1. The molecule has 2 aliphatic heterocycles. The fourth-order valence-corrected chi connectivity index (χ4v) is 5.43. The molecule has 2 amide bonds. The summed E-state index contributed by atoms with van der Waals surface area (Å²) in [7, 11) is 0. The Bertz CT molecular complexity index is 944. The first kappa shape index (κ1) is 23.7. The number of esters is 1. The van der Waals surface area contributed by atoms with Gasteiger partial charge in [-0.3, -0.25) is 19.3 Å². The quantitative estimate of drug-likeness (QED) is 0.412. The lowest BCUT2D eigenvalue weighted by atomic mass is 9.79. The van der Waals surface area contributed by atoms with Gasteiger partial charge >= 0.3 is 5.97 Å². The molecule has 1 aromatic rings. The second-order valence-corrected chi connectivity index (χ2v) is 9.98. The van der Waals surface area contributed by atoms with E-state index in [0.29, 0.717) is 16.5 Å². The number of carbonyl (C=O) groups is 3. The summed E-state index contributed by atoms with van der Waals surface area (Å²) in [5.41, 5.74) is 3.05. The normalized spacial score (nSPS) is 21.6. The van der Waals surface area contributed by atoms with Gasteiger partial charge in [0.15, 0.2) is 0 Å². The van der Waals surface area contributed by atoms with Crippen molar-refractivity contribution in [3.63, 3.8) is 0 Å². The standard InChI is InChI=1S/C23H29ClN2O4S/c1-6-8-26-18-11-17(24)15(9-16(18)14(3)12-23(26,4)5)10-19-21(28)25(22(29)31-19)13-20(27)30-7-2/h9-11,14H,6-8,12-13H2,1-5H3/b19-10-. The van der Waals surface area contributed by atoms with E-state index in [1.807, 2.05) is 12.1 Å². The van der Waals surface area contributed by atoms with Gasteiger partial charge in [0.1, 0.15) is 6.54 Å². The van der Waals surface area contributed by atoms with Gasteiger partial charge in [-0.25, -0.2) is 0 Å².